The normalized spacial score (nSPS) is 26.7. The van der Waals surface area contributed by atoms with Crippen LogP contribution in [-0.2, 0) is 24.2 Å². The van der Waals surface area contributed by atoms with Crippen molar-refractivity contribution in [2.75, 3.05) is 57.3 Å². The van der Waals surface area contributed by atoms with Gasteiger partial charge in [0, 0.05) is 69.1 Å². The zero-order valence-corrected chi connectivity index (χ0v) is 55.6. The molecule has 5 heterocycles. The zero-order valence-electron chi connectivity index (χ0n) is 54.8. The number of aryl methyl sites for hydroxylation is 1. The molecule has 5 saturated heterocycles. The average Bonchev–Trinajstić information content (AvgIpc) is 4.24. The number of carbonyl (C=O) groups excluding carboxylic acids is 3. The molecule has 5 aliphatic heterocycles. The van der Waals surface area contributed by atoms with E-state index in [9.17, 15) is 27.9 Å². The average molecular weight is 1140 g/mol. The van der Waals surface area contributed by atoms with E-state index in [0.717, 1.165) is 80.3 Å². The molecule has 5 aliphatic carbocycles. The Morgan fingerprint density at radius 2 is 0.938 bits per heavy atom. The lowest BCUT2D eigenvalue weighted by atomic mass is 9.45. The van der Waals surface area contributed by atoms with Crippen LogP contribution in [0.25, 0.3) is 0 Å². The van der Waals surface area contributed by atoms with Crippen LogP contribution in [0.3, 0.4) is 0 Å². The van der Waals surface area contributed by atoms with Crippen LogP contribution in [0.1, 0.15) is 256 Å². The number of piperidine rings is 1. The molecular formula is C68H125N5O6S. The Kier molecular flexibility index (Phi) is 31.6. The molecule has 11 nitrogen and oxygen atoms in total. The molecule has 2 atom stereocenters. The van der Waals surface area contributed by atoms with Crippen LogP contribution < -0.4 is 0 Å². The van der Waals surface area contributed by atoms with Gasteiger partial charge in [0.2, 0.25) is 17.7 Å². The first-order chi connectivity index (χ1) is 37.5. The lowest BCUT2D eigenvalue weighted by molar-refractivity contribution is -0.177. The second-order valence-corrected chi connectivity index (χ2v) is 30.6. The molecule has 0 radical (unpaired) electrons. The van der Waals surface area contributed by atoms with Crippen molar-refractivity contribution in [2.45, 2.75) is 288 Å². The molecule has 464 valence electrons. The Hall–Kier alpha value is -2.38. The lowest BCUT2D eigenvalue weighted by Crippen LogP contribution is -2.57. The molecule has 5 saturated carbocycles. The number of rotatable bonds is 8. The van der Waals surface area contributed by atoms with Gasteiger partial charge in [-0.3, -0.25) is 24.2 Å². The highest BCUT2D eigenvalue weighted by molar-refractivity contribution is 7.91. The highest BCUT2D eigenvalue weighted by Gasteiger charge is 2.57. The Bertz CT molecular complexity index is 1950. The summed E-state index contributed by atoms with van der Waals surface area (Å²) >= 11 is 0. The molecule has 0 aromatic heterocycles. The van der Waals surface area contributed by atoms with E-state index >= 15 is 0 Å². The van der Waals surface area contributed by atoms with Crippen LogP contribution in [0.4, 0.5) is 0 Å². The van der Waals surface area contributed by atoms with E-state index in [0.29, 0.717) is 66.8 Å². The molecule has 11 rings (SSSR count). The van der Waals surface area contributed by atoms with Crippen molar-refractivity contribution in [3.05, 3.63) is 35.4 Å². The number of carbonyl (C=O) groups is 3. The fourth-order valence-electron chi connectivity index (χ4n) is 14.0. The summed E-state index contributed by atoms with van der Waals surface area (Å²) in [6.45, 7) is 44.8. The predicted octanol–water partition coefficient (Wildman–Crippen LogP) is 14.4. The van der Waals surface area contributed by atoms with Crippen molar-refractivity contribution in [1.82, 2.24) is 24.5 Å². The van der Waals surface area contributed by atoms with E-state index in [4.69, 9.17) is 0 Å². The zero-order chi connectivity index (χ0) is 60.0. The minimum atomic E-state index is -2.69. The summed E-state index contributed by atoms with van der Waals surface area (Å²) in [4.78, 5) is 43.4. The van der Waals surface area contributed by atoms with Gasteiger partial charge in [-0.05, 0) is 219 Å². The molecule has 12 heteroatoms. The van der Waals surface area contributed by atoms with E-state index in [1.165, 1.54) is 126 Å². The summed E-state index contributed by atoms with van der Waals surface area (Å²) in [5, 5.41) is 10.5. The van der Waals surface area contributed by atoms with E-state index in [1.807, 2.05) is 18.7 Å². The van der Waals surface area contributed by atoms with Gasteiger partial charge in [0.05, 0.1) is 17.1 Å². The maximum absolute atomic E-state index is 11.0. The van der Waals surface area contributed by atoms with Crippen LogP contribution in [0.5, 0.6) is 0 Å². The number of benzene rings is 1. The van der Waals surface area contributed by atoms with Crippen LogP contribution >= 0.6 is 0 Å². The largest absolute Gasteiger partial charge is 0.390 e. The third-order valence-electron chi connectivity index (χ3n) is 19.1. The first-order valence-electron chi connectivity index (χ1n) is 32.8. The van der Waals surface area contributed by atoms with Crippen LogP contribution in [0, 0.1) is 41.9 Å². The smallest absolute Gasteiger partial charge is 0.229 e. The molecule has 80 heavy (non-hydrogen) atoms. The molecule has 1 N–H and O–H groups in total. The molecule has 10 aliphatic rings. The second kappa shape index (κ2) is 35.2. The standard InChI is InChI=1S/C13H22O.C10H14.C9H18.C8H17N.C7H15NO2S.C7H11NO2.C7H13NO.C7H15N/c1-9(2)12-4-10-3-11(5-12)7-13(14,6-10)8-12;1-8(2)10-6-4-9(3)5-7-10;2*1-8(2)9-6-4-3-5-7-9;1-7(2)8-3-5-11(9,10)6-4-8;1-5(2)8-6(9)3-4-7(8)10;1-6(2)8-5-3-4-7(8)9;1-7(2)8-5-3-4-6-8/h9-11,14H,3-8H2,1-2H3;4-8H,1-3H3;8-9H,3-7H2,1-2H3;8H,3-7H2,1-2H3;7H,3-6H2,1-2H3;5H,3-4H2,1-2H3;6H,3-5H2,1-2H3;7H,3-6H2,1-2H3. The number of hydrogen-bond acceptors (Lipinski definition) is 9. The SMILES string of the molecule is CC(C)C12CC3CC(CC(O)(C3)C1)C2.CC(C)C1CCCCC1.CC(C)N1C(=O)CCC1=O.CC(C)N1CCCC1.CC(C)N1CCCC1=O.CC(C)N1CCCCC1.CC(C)N1CCS(=O)(=O)CC1.Cc1ccc(C(C)C)cc1. The number of hydrogen-bond donors (Lipinski definition) is 1. The fraction of sp³-hybridized carbons (Fsp3) is 0.868. The summed E-state index contributed by atoms with van der Waals surface area (Å²) in [5.74, 6) is 6.05. The Balaban J connectivity index is 0.000000242. The number of amides is 3. The molecule has 1 aromatic carbocycles. The predicted molar refractivity (Wildman–Crippen MR) is 338 cm³/mol. The van der Waals surface area contributed by atoms with Crippen molar-refractivity contribution >= 4 is 27.6 Å². The highest BCUT2D eigenvalue weighted by Crippen LogP contribution is 2.64. The van der Waals surface area contributed by atoms with Gasteiger partial charge in [0.15, 0.2) is 9.84 Å². The topological polar surface area (TPSA) is 122 Å². The Morgan fingerprint density at radius 1 is 0.500 bits per heavy atom. The van der Waals surface area contributed by atoms with Gasteiger partial charge in [0.25, 0.3) is 0 Å². The number of sulfone groups is 1. The van der Waals surface area contributed by atoms with E-state index in [2.05, 4.69) is 143 Å². The van der Waals surface area contributed by atoms with Gasteiger partial charge in [-0.2, -0.15) is 0 Å². The quantitative estimate of drug-likeness (QED) is 0.254. The number of likely N-dealkylation sites (tertiary alicyclic amines) is 4. The van der Waals surface area contributed by atoms with Gasteiger partial charge >= 0.3 is 0 Å². The number of aliphatic hydroxyl groups is 1. The summed E-state index contributed by atoms with van der Waals surface area (Å²) in [7, 11) is -2.69. The van der Waals surface area contributed by atoms with Crippen LogP contribution in [-0.4, -0.2) is 149 Å². The molecule has 3 amide bonds. The van der Waals surface area contributed by atoms with Crippen LogP contribution in [0.15, 0.2) is 24.3 Å². The Morgan fingerprint density at radius 3 is 1.25 bits per heavy atom. The van der Waals surface area contributed by atoms with Gasteiger partial charge < -0.3 is 19.8 Å². The van der Waals surface area contributed by atoms with Gasteiger partial charge in [0.1, 0.15) is 0 Å². The molecule has 10 fully saturated rings. The van der Waals surface area contributed by atoms with Crippen molar-refractivity contribution in [2.24, 2.45) is 35.0 Å². The lowest BCUT2D eigenvalue weighted by Gasteiger charge is -2.62. The number of nitrogens with zero attached hydrogens (tertiary/aromatic N) is 5. The van der Waals surface area contributed by atoms with E-state index in [-0.39, 0.29) is 23.5 Å². The Labute approximate surface area is 493 Å². The third-order valence-corrected chi connectivity index (χ3v) is 20.7. The van der Waals surface area contributed by atoms with Gasteiger partial charge in [-0.1, -0.05) is 110 Å². The first kappa shape index (κ1) is 71.9. The van der Waals surface area contributed by atoms with E-state index in [1.54, 1.807) is 0 Å². The minimum absolute atomic E-state index is 0.0278. The van der Waals surface area contributed by atoms with Gasteiger partial charge in [-0.15, -0.1) is 0 Å². The van der Waals surface area contributed by atoms with Crippen molar-refractivity contribution < 1.29 is 27.9 Å². The summed E-state index contributed by atoms with van der Waals surface area (Å²) in [5.41, 5.74) is 3.02. The first-order valence-corrected chi connectivity index (χ1v) is 34.7. The monoisotopic (exact) mass is 1140 g/mol. The minimum Gasteiger partial charge on any atom is -0.390 e. The molecule has 1 aromatic rings. The van der Waals surface area contributed by atoms with Crippen molar-refractivity contribution in [3.8, 4) is 0 Å². The number of imide groups is 1. The summed E-state index contributed by atoms with van der Waals surface area (Å²) < 4.78 is 22.0. The third kappa shape index (κ3) is 25.1. The maximum atomic E-state index is 11.0. The second-order valence-electron chi connectivity index (χ2n) is 28.3. The van der Waals surface area contributed by atoms with Crippen molar-refractivity contribution in [3.63, 3.8) is 0 Å². The van der Waals surface area contributed by atoms with Crippen LogP contribution in [0.2, 0.25) is 0 Å². The molecule has 0 spiro atoms. The molecule has 2 unspecified atom stereocenters. The van der Waals surface area contributed by atoms with Gasteiger partial charge in [-0.25, -0.2) is 8.42 Å². The fourth-order valence-corrected chi connectivity index (χ4v) is 15.3. The summed E-state index contributed by atoms with van der Waals surface area (Å²) in [6.07, 6.45) is 24.7. The molecular weight excluding hydrogens is 1010 g/mol. The summed E-state index contributed by atoms with van der Waals surface area (Å²) in [6, 6.07) is 11.2. The highest BCUT2D eigenvalue weighted by atomic mass is 32.2. The van der Waals surface area contributed by atoms with E-state index < -0.39 is 9.84 Å². The maximum Gasteiger partial charge on any atom is 0.229 e. The molecule has 4 bridgehead atoms. The van der Waals surface area contributed by atoms with Crippen molar-refractivity contribution in [1.29, 1.82) is 0 Å².